The Kier molecular flexibility index (Phi) is 5.93. The number of hydrogen-bond acceptors (Lipinski definition) is 6. The predicted octanol–water partition coefficient (Wildman–Crippen LogP) is 1.99. The third kappa shape index (κ3) is 4.90. The Morgan fingerprint density at radius 1 is 1.12 bits per heavy atom. The highest BCUT2D eigenvalue weighted by atomic mass is 32.1. The number of aromatic carboxylic acids is 1. The van der Waals surface area contributed by atoms with E-state index in [0.717, 1.165) is 28.2 Å². The SMILES string of the molecule is C/C(=N/NC(=O)CNc1c(C)cc(C)cc1C)c1ccc(C(=O)[O-])s1. The molecule has 0 aliphatic heterocycles. The van der Waals surface area contributed by atoms with Crippen LogP contribution in [-0.2, 0) is 4.79 Å². The largest absolute Gasteiger partial charge is 0.544 e. The van der Waals surface area contributed by atoms with E-state index in [-0.39, 0.29) is 17.3 Å². The Morgan fingerprint density at radius 2 is 1.72 bits per heavy atom. The molecule has 2 N–H and O–H groups in total. The standard InChI is InChI=1S/C18H21N3O3S/c1-10-7-11(2)17(12(3)8-10)19-9-16(22)21-20-13(4)14-5-6-15(25-14)18(23)24/h5-8,19H,9H2,1-4H3,(H,21,22)(H,23,24)/p-1/b20-13-. The van der Waals surface area contributed by atoms with Crippen LogP contribution in [0.4, 0.5) is 5.69 Å². The Morgan fingerprint density at radius 3 is 2.28 bits per heavy atom. The second kappa shape index (κ2) is 7.94. The smallest absolute Gasteiger partial charge is 0.259 e. The third-order valence-electron chi connectivity index (χ3n) is 3.61. The Balaban J connectivity index is 1.95. The number of thiophene rings is 1. The molecule has 2 rings (SSSR count). The van der Waals surface area contributed by atoms with Gasteiger partial charge in [0.25, 0.3) is 5.91 Å². The molecule has 1 aromatic carbocycles. The van der Waals surface area contributed by atoms with E-state index in [1.54, 1.807) is 13.0 Å². The van der Waals surface area contributed by atoms with Crippen molar-refractivity contribution in [2.45, 2.75) is 27.7 Å². The summed E-state index contributed by atoms with van der Waals surface area (Å²) in [4.78, 5) is 23.5. The number of rotatable bonds is 6. The minimum atomic E-state index is -1.22. The predicted molar refractivity (Wildman–Crippen MR) is 98.1 cm³/mol. The van der Waals surface area contributed by atoms with Gasteiger partial charge in [0.05, 0.1) is 28.0 Å². The summed E-state index contributed by atoms with van der Waals surface area (Å²) in [5.41, 5.74) is 7.29. The molecule has 0 bridgehead atoms. The first-order valence-electron chi connectivity index (χ1n) is 7.74. The van der Waals surface area contributed by atoms with Gasteiger partial charge < -0.3 is 15.2 Å². The first-order chi connectivity index (χ1) is 11.8. The first-order valence-corrected chi connectivity index (χ1v) is 8.56. The zero-order valence-electron chi connectivity index (χ0n) is 14.6. The van der Waals surface area contributed by atoms with Crippen LogP contribution in [0.1, 0.15) is 38.2 Å². The molecule has 0 saturated carbocycles. The van der Waals surface area contributed by atoms with Crippen LogP contribution >= 0.6 is 11.3 Å². The molecular formula is C18H20N3O3S-. The monoisotopic (exact) mass is 358 g/mol. The molecule has 0 spiro atoms. The van der Waals surface area contributed by atoms with Gasteiger partial charge in [0, 0.05) is 5.69 Å². The summed E-state index contributed by atoms with van der Waals surface area (Å²) in [6, 6.07) is 7.21. The van der Waals surface area contributed by atoms with Crippen molar-refractivity contribution in [1.82, 2.24) is 5.43 Å². The number of hydrazone groups is 1. The summed E-state index contributed by atoms with van der Waals surface area (Å²) >= 11 is 1.06. The molecule has 7 heteroatoms. The van der Waals surface area contributed by atoms with Gasteiger partial charge in [0.15, 0.2) is 0 Å². The number of anilines is 1. The number of carboxylic acids is 1. The normalized spacial score (nSPS) is 11.3. The Bertz CT molecular complexity index is 817. The van der Waals surface area contributed by atoms with Crippen LogP contribution in [-0.4, -0.2) is 24.1 Å². The first kappa shape index (κ1) is 18.7. The number of carbonyl (C=O) groups excluding carboxylic acids is 2. The Hall–Kier alpha value is -2.67. The molecule has 1 heterocycles. The fraction of sp³-hybridized carbons (Fsp3) is 0.278. The van der Waals surface area contributed by atoms with Crippen LogP contribution in [0.25, 0.3) is 0 Å². The molecule has 25 heavy (non-hydrogen) atoms. The van der Waals surface area contributed by atoms with Gasteiger partial charge in [-0.3, -0.25) is 4.79 Å². The van der Waals surface area contributed by atoms with Crippen LogP contribution in [0.15, 0.2) is 29.4 Å². The van der Waals surface area contributed by atoms with Gasteiger partial charge in [-0.1, -0.05) is 17.7 Å². The van der Waals surface area contributed by atoms with E-state index < -0.39 is 5.97 Å². The summed E-state index contributed by atoms with van der Waals surface area (Å²) in [7, 11) is 0. The van der Waals surface area contributed by atoms with Crippen LogP contribution in [0.3, 0.4) is 0 Å². The van der Waals surface area contributed by atoms with Crippen molar-refractivity contribution < 1.29 is 14.7 Å². The number of nitrogens with one attached hydrogen (secondary N) is 2. The highest BCUT2D eigenvalue weighted by Gasteiger charge is 2.07. The van der Waals surface area contributed by atoms with Crippen LogP contribution in [0.2, 0.25) is 0 Å². The van der Waals surface area contributed by atoms with Crippen molar-refractivity contribution in [1.29, 1.82) is 0 Å². The molecule has 0 radical (unpaired) electrons. The molecule has 0 aliphatic rings. The van der Waals surface area contributed by atoms with E-state index in [4.69, 9.17) is 0 Å². The topological polar surface area (TPSA) is 93.6 Å². The van der Waals surface area contributed by atoms with Crippen molar-refractivity contribution in [2.75, 3.05) is 11.9 Å². The van der Waals surface area contributed by atoms with Gasteiger partial charge in [-0.05, 0) is 51.0 Å². The summed E-state index contributed by atoms with van der Waals surface area (Å²) < 4.78 is 0. The van der Waals surface area contributed by atoms with Crippen molar-refractivity contribution >= 4 is 34.6 Å². The van der Waals surface area contributed by atoms with Gasteiger partial charge in [0.1, 0.15) is 0 Å². The molecule has 0 fully saturated rings. The number of aryl methyl sites for hydroxylation is 3. The van der Waals surface area contributed by atoms with Gasteiger partial charge in [0.2, 0.25) is 0 Å². The minimum Gasteiger partial charge on any atom is -0.544 e. The lowest BCUT2D eigenvalue weighted by molar-refractivity contribution is -0.254. The number of benzene rings is 1. The minimum absolute atomic E-state index is 0.0935. The number of carboxylic acid groups (broad SMARTS) is 1. The molecule has 1 aromatic heterocycles. The second-order valence-corrected chi connectivity index (χ2v) is 6.89. The molecule has 0 aliphatic carbocycles. The number of nitrogens with zero attached hydrogens (tertiary/aromatic N) is 1. The van der Waals surface area contributed by atoms with Gasteiger partial charge >= 0.3 is 0 Å². The maximum absolute atomic E-state index is 12.0. The second-order valence-electron chi connectivity index (χ2n) is 5.81. The molecule has 1 amide bonds. The number of carbonyl (C=O) groups is 2. The fourth-order valence-corrected chi connectivity index (χ4v) is 3.30. The van der Waals surface area contributed by atoms with E-state index in [1.807, 2.05) is 20.8 Å². The average Bonchev–Trinajstić information content (AvgIpc) is 3.01. The van der Waals surface area contributed by atoms with Crippen LogP contribution < -0.4 is 15.8 Å². The van der Waals surface area contributed by atoms with E-state index in [9.17, 15) is 14.7 Å². The Labute approximate surface area is 150 Å². The number of amides is 1. The molecule has 6 nitrogen and oxygen atoms in total. The van der Waals surface area contributed by atoms with Gasteiger partial charge in [-0.25, -0.2) is 5.43 Å². The van der Waals surface area contributed by atoms with Crippen molar-refractivity contribution in [3.8, 4) is 0 Å². The van der Waals surface area contributed by atoms with Gasteiger partial charge in [-0.15, -0.1) is 11.3 Å². The molecule has 2 aromatic rings. The lowest BCUT2D eigenvalue weighted by atomic mass is 10.1. The summed E-state index contributed by atoms with van der Waals surface area (Å²) in [5, 5.41) is 17.9. The molecule has 0 unspecified atom stereocenters. The lowest BCUT2D eigenvalue weighted by Crippen LogP contribution is -2.27. The molecule has 132 valence electrons. The zero-order chi connectivity index (χ0) is 18.6. The maximum atomic E-state index is 12.0. The lowest BCUT2D eigenvalue weighted by Gasteiger charge is -2.13. The molecular weight excluding hydrogens is 338 g/mol. The highest BCUT2D eigenvalue weighted by Crippen LogP contribution is 2.21. The zero-order valence-corrected chi connectivity index (χ0v) is 15.4. The quantitative estimate of drug-likeness (QED) is 0.610. The fourth-order valence-electron chi connectivity index (χ4n) is 2.51. The average molecular weight is 358 g/mol. The molecule has 0 atom stereocenters. The van der Waals surface area contributed by atoms with E-state index in [1.165, 1.54) is 11.6 Å². The van der Waals surface area contributed by atoms with E-state index in [0.29, 0.717) is 10.6 Å². The third-order valence-corrected chi connectivity index (χ3v) is 4.79. The van der Waals surface area contributed by atoms with Crippen molar-refractivity contribution in [2.24, 2.45) is 5.10 Å². The van der Waals surface area contributed by atoms with E-state index >= 15 is 0 Å². The van der Waals surface area contributed by atoms with Crippen molar-refractivity contribution in [3.05, 3.63) is 50.7 Å². The number of hydrogen-bond donors (Lipinski definition) is 2. The molecule has 0 saturated heterocycles. The summed E-state index contributed by atoms with van der Waals surface area (Å²) in [6.45, 7) is 7.82. The van der Waals surface area contributed by atoms with Crippen LogP contribution in [0.5, 0.6) is 0 Å². The van der Waals surface area contributed by atoms with E-state index in [2.05, 4.69) is 28.0 Å². The maximum Gasteiger partial charge on any atom is 0.259 e. The highest BCUT2D eigenvalue weighted by molar-refractivity contribution is 7.15. The van der Waals surface area contributed by atoms with Gasteiger partial charge in [-0.2, -0.15) is 5.10 Å². The van der Waals surface area contributed by atoms with Crippen molar-refractivity contribution in [3.63, 3.8) is 0 Å². The summed E-state index contributed by atoms with van der Waals surface area (Å²) in [6.07, 6.45) is 0. The van der Waals surface area contributed by atoms with Crippen LogP contribution in [0, 0.1) is 20.8 Å². The summed E-state index contributed by atoms with van der Waals surface area (Å²) in [5.74, 6) is -1.50.